The predicted octanol–water partition coefficient (Wildman–Crippen LogP) is 6.23. The molecule has 0 unspecified atom stereocenters. The summed E-state index contributed by atoms with van der Waals surface area (Å²) in [5.74, 6) is 1.43. The number of hydrogen-bond donors (Lipinski definition) is 3. The average molecular weight is 582 g/mol. The summed E-state index contributed by atoms with van der Waals surface area (Å²) in [6.07, 6.45) is 5.27. The monoisotopic (exact) mass is 581 g/mol. The Kier molecular flexibility index (Phi) is 8.28. The minimum atomic E-state index is -0.355. The van der Waals surface area contributed by atoms with Crippen molar-refractivity contribution in [3.05, 3.63) is 87.8 Å². The van der Waals surface area contributed by atoms with Gasteiger partial charge in [-0.3, -0.25) is 9.59 Å². The Bertz CT molecular complexity index is 1550. The van der Waals surface area contributed by atoms with Crippen LogP contribution in [0, 0.1) is 17.8 Å². The zero-order valence-corrected chi connectivity index (χ0v) is 25.4. The van der Waals surface area contributed by atoms with Gasteiger partial charge in [0.2, 0.25) is 0 Å². The number of benzene rings is 2. The molecule has 8 nitrogen and oxygen atoms in total. The predicted molar refractivity (Wildman–Crippen MR) is 172 cm³/mol. The van der Waals surface area contributed by atoms with Gasteiger partial charge >= 0.3 is 6.03 Å². The Labute approximate surface area is 253 Å². The number of nitrogens with zero attached hydrogens (tertiary/aromatic N) is 2. The summed E-state index contributed by atoms with van der Waals surface area (Å²) in [7, 11) is 0. The summed E-state index contributed by atoms with van der Waals surface area (Å²) in [6.45, 7) is 8.78. The summed E-state index contributed by atoms with van der Waals surface area (Å²) >= 11 is 0. The normalized spacial score (nSPS) is 24.5. The number of piperidine rings is 1. The highest BCUT2D eigenvalue weighted by atomic mass is 16.2. The number of aromatic nitrogens is 1. The quantitative estimate of drug-likeness (QED) is 0.322. The zero-order valence-electron chi connectivity index (χ0n) is 25.4. The Balaban J connectivity index is 1.27. The maximum absolute atomic E-state index is 13.5. The van der Waals surface area contributed by atoms with Crippen LogP contribution in [-0.4, -0.2) is 35.6 Å². The lowest BCUT2D eigenvalue weighted by Crippen LogP contribution is -2.47. The van der Waals surface area contributed by atoms with E-state index in [4.69, 9.17) is 0 Å². The Morgan fingerprint density at radius 2 is 1.74 bits per heavy atom. The molecule has 2 aromatic carbocycles. The van der Waals surface area contributed by atoms with Gasteiger partial charge in [-0.25, -0.2) is 4.79 Å². The van der Waals surface area contributed by atoms with Gasteiger partial charge in [-0.15, -0.1) is 0 Å². The smallest absolute Gasteiger partial charge is 0.323 e. The van der Waals surface area contributed by atoms with Crippen LogP contribution in [0.4, 0.5) is 21.9 Å². The molecule has 1 saturated carbocycles. The van der Waals surface area contributed by atoms with Crippen molar-refractivity contribution in [1.29, 1.82) is 0 Å². The van der Waals surface area contributed by atoms with Crippen molar-refractivity contribution < 1.29 is 9.59 Å². The van der Waals surface area contributed by atoms with E-state index in [0.717, 1.165) is 50.2 Å². The van der Waals surface area contributed by atoms with Crippen LogP contribution in [0.15, 0.2) is 65.5 Å². The van der Waals surface area contributed by atoms with Crippen molar-refractivity contribution in [2.24, 2.45) is 17.8 Å². The van der Waals surface area contributed by atoms with Crippen LogP contribution >= 0.6 is 0 Å². The SMILES string of the molecule is CCc1ccc(NC(=O)Nc2cc(C(=O)N[C@@H]3CCC[C@H](C)[C@@H]3C)ccc2N2C[C@H]3C[C@@H](C2)c2cccc(=O)n2C3)cc1. The summed E-state index contributed by atoms with van der Waals surface area (Å²) in [4.78, 5) is 41.6. The summed E-state index contributed by atoms with van der Waals surface area (Å²) in [5, 5.41) is 9.30. The van der Waals surface area contributed by atoms with Crippen LogP contribution in [-0.2, 0) is 13.0 Å². The molecule has 2 fully saturated rings. The number of aryl methyl sites for hydroxylation is 1. The number of nitrogens with one attached hydrogen (secondary N) is 3. The van der Waals surface area contributed by atoms with E-state index >= 15 is 0 Å². The van der Waals surface area contributed by atoms with Gasteiger partial charge in [0.05, 0.1) is 11.4 Å². The lowest BCUT2D eigenvalue weighted by atomic mass is 9.78. The number of anilines is 3. The molecule has 2 aliphatic heterocycles. The molecule has 3 amide bonds. The summed E-state index contributed by atoms with van der Waals surface area (Å²) in [6, 6.07) is 18.8. The van der Waals surface area contributed by atoms with Crippen molar-refractivity contribution in [2.45, 2.75) is 71.4 Å². The van der Waals surface area contributed by atoms with Crippen molar-refractivity contribution >= 4 is 29.0 Å². The largest absolute Gasteiger partial charge is 0.369 e. The molecule has 3 N–H and O–H groups in total. The second kappa shape index (κ2) is 12.3. The third kappa shape index (κ3) is 6.19. The van der Waals surface area contributed by atoms with Gasteiger partial charge in [-0.2, -0.15) is 0 Å². The van der Waals surface area contributed by atoms with Crippen LogP contribution in [0.25, 0.3) is 0 Å². The van der Waals surface area contributed by atoms with Crippen LogP contribution in [0.2, 0.25) is 0 Å². The number of fused-ring (bicyclic) bond motifs is 4. The van der Waals surface area contributed by atoms with E-state index in [9.17, 15) is 14.4 Å². The molecule has 3 heterocycles. The first-order valence-corrected chi connectivity index (χ1v) is 15.9. The van der Waals surface area contributed by atoms with Crippen LogP contribution in [0.1, 0.15) is 74.0 Å². The maximum atomic E-state index is 13.5. The molecule has 1 aromatic heterocycles. The Morgan fingerprint density at radius 1 is 0.930 bits per heavy atom. The highest BCUT2D eigenvalue weighted by Crippen LogP contribution is 2.39. The molecule has 2 bridgehead atoms. The van der Waals surface area contributed by atoms with E-state index in [-0.39, 0.29) is 29.5 Å². The molecule has 0 spiro atoms. The highest BCUT2D eigenvalue weighted by Gasteiger charge is 2.35. The number of urea groups is 1. The molecule has 8 heteroatoms. The van der Waals surface area contributed by atoms with E-state index in [1.165, 1.54) is 12.0 Å². The van der Waals surface area contributed by atoms with E-state index < -0.39 is 0 Å². The second-order valence-corrected chi connectivity index (χ2v) is 12.8. The molecule has 5 atom stereocenters. The number of pyridine rings is 1. The average Bonchev–Trinajstić information content (AvgIpc) is 3.00. The van der Waals surface area contributed by atoms with Gasteiger partial charge in [0.25, 0.3) is 11.5 Å². The first kappa shape index (κ1) is 29.0. The molecule has 0 radical (unpaired) electrons. The van der Waals surface area contributed by atoms with Crippen molar-refractivity contribution in [2.75, 3.05) is 28.6 Å². The van der Waals surface area contributed by atoms with Gasteiger partial charge in [-0.05, 0) is 79.0 Å². The van der Waals surface area contributed by atoms with E-state index in [1.807, 2.05) is 53.1 Å². The van der Waals surface area contributed by atoms with Crippen molar-refractivity contribution in [3.8, 4) is 0 Å². The van der Waals surface area contributed by atoms with Crippen LogP contribution in [0.5, 0.6) is 0 Å². The zero-order chi connectivity index (χ0) is 30.1. The van der Waals surface area contributed by atoms with Gasteiger partial charge < -0.3 is 25.4 Å². The Morgan fingerprint density at radius 3 is 2.53 bits per heavy atom. The van der Waals surface area contributed by atoms with Gasteiger partial charge in [0.1, 0.15) is 0 Å². The maximum Gasteiger partial charge on any atom is 0.323 e. The standard InChI is InChI=1S/C35H43N5O3/c1-4-24-11-14-28(15-12-24)36-35(43)38-30-18-26(34(42)37-29-8-5-7-22(2)23(29)3)13-16-32(30)39-19-25-17-27(21-39)31-9-6-10-33(41)40(31)20-25/h6,9-16,18,22-23,25,27,29H,4-5,7-8,17,19-21H2,1-3H3,(H,37,42)(H2,36,38,43)/t22-,23-,25+,27-,29+/m0/s1. The second-order valence-electron chi connectivity index (χ2n) is 12.8. The lowest BCUT2D eigenvalue weighted by Gasteiger charge is -2.44. The molecule has 1 saturated heterocycles. The fraction of sp³-hybridized carbons (Fsp3) is 0.457. The highest BCUT2D eigenvalue weighted by molar-refractivity contribution is 6.04. The fourth-order valence-corrected chi connectivity index (χ4v) is 7.29. The molecule has 43 heavy (non-hydrogen) atoms. The van der Waals surface area contributed by atoms with Crippen molar-refractivity contribution in [3.63, 3.8) is 0 Å². The minimum Gasteiger partial charge on any atom is -0.369 e. The number of carbonyl (C=O) groups is 2. The van der Waals surface area contributed by atoms with Crippen LogP contribution < -0.4 is 26.4 Å². The molecule has 6 rings (SSSR count). The van der Waals surface area contributed by atoms with Gasteiger partial charge in [-0.1, -0.05) is 51.8 Å². The Hall–Kier alpha value is -4.07. The van der Waals surface area contributed by atoms with E-state index in [0.29, 0.717) is 41.2 Å². The van der Waals surface area contributed by atoms with Crippen LogP contribution in [0.3, 0.4) is 0 Å². The first-order chi connectivity index (χ1) is 20.8. The van der Waals surface area contributed by atoms with Gasteiger partial charge in [0, 0.05) is 54.6 Å². The van der Waals surface area contributed by atoms with Crippen molar-refractivity contribution in [1.82, 2.24) is 9.88 Å². The molecule has 226 valence electrons. The molecular weight excluding hydrogens is 538 g/mol. The molecular formula is C35H43N5O3. The number of rotatable bonds is 6. The summed E-state index contributed by atoms with van der Waals surface area (Å²) in [5.41, 5.74) is 5.06. The van der Waals surface area contributed by atoms with E-state index in [2.05, 4.69) is 47.7 Å². The molecule has 1 aliphatic carbocycles. The lowest BCUT2D eigenvalue weighted by molar-refractivity contribution is 0.0891. The number of carbonyl (C=O) groups excluding carboxylic acids is 2. The summed E-state index contributed by atoms with van der Waals surface area (Å²) < 4.78 is 1.92. The topological polar surface area (TPSA) is 95.5 Å². The third-order valence-electron chi connectivity index (χ3n) is 9.97. The van der Waals surface area contributed by atoms with Gasteiger partial charge in [0.15, 0.2) is 0 Å². The number of amides is 3. The first-order valence-electron chi connectivity index (χ1n) is 15.9. The number of hydrogen-bond acceptors (Lipinski definition) is 4. The molecule has 3 aromatic rings. The molecule has 3 aliphatic rings. The van der Waals surface area contributed by atoms with E-state index in [1.54, 1.807) is 6.07 Å². The fourth-order valence-electron chi connectivity index (χ4n) is 7.29. The minimum absolute atomic E-state index is 0.0590. The third-order valence-corrected chi connectivity index (χ3v) is 9.97.